The first kappa shape index (κ1) is 12.6. The van der Waals surface area contributed by atoms with E-state index in [1.807, 2.05) is 6.92 Å². The van der Waals surface area contributed by atoms with E-state index in [9.17, 15) is 8.78 Å². The lowest BCUT2D eigenvalue weighted by atomic mass is 10.2. The van der Waals surface area contributed by atoms with E-state index < -0.39 is 11.6 Å². The molecular formula is C12H13F2N3O. The third-order valence-electron chi connectivity index (χ3n) is 2.73. The molecule has 1 heterocycles. The molecule has 1 aromatic heterocycles. The van der Waals surface area contributed by atoms with E-state index >= 15 is 0 Å². The van der Waals surface area contributed by atoms with Crippen molar-refractivity contribution in [2.45, 2.75) is 19.4 Å². The zero-order valence-corrected chi connectivity index (χ0v) is 9.82. The summed E-state index contributed by atoms with van der Waals surface area (Å²) in [4.78, 5) is 7.87. The SMILES string of the molecule is CCC(CO)Nc1ncnc2cc(F)c(F)cc12. The second-order valence-electron chi connectivity index (χ2n) is 3.94. The van der Waals surface area contributed by atoms with Crippen LogP contribution in [0.25, 0.3) is 10.9 Å². The van der Waals surface area contributed by atoms with E-state index in [1.165, 1.54) is 6.33 Å². The number of rotatable bonds is 4. The van der Waals surface area contributed by atoms with E-state index in [0.717, 1.165) is 12.1 Å². The predicted octanol–water partition coefficient (Wildman–Crippen LogP) is 2.09. The molecule has 2 N–H and O–H groups in total. The minimum absolute atomic E-state index is 0.0638. The summed E-state index contributed by atoms with van der Waals surface area (Å²) in [6.07, 6.45) is 1.96. The minimum Gasteiger partial charge on any atom is -0.394 e. The number of aliphatic hydroxyl groups excluding tert-OH is 1. The quantitative estimate of drug-likeness (QED) is 0.876. The Labute approximate surface area is 103 Å². The van der Waals surface area contributed by atoms with Crippen LogP contribution in [0.2, 0.25) is 0 Å². The smallest absolute Gasteiger partial charge is 0.161 e. The Morgan fingerprint density at radius 1 is 1.28 bits per heavy atom. The minimum atomic E-state index is -0.947. The number of anilines is 1. The number of fused-ring (bicyclic) bond motifs is 1. The van der Waals surface area contributed by atoms with Crippen LogP contribution in [0.15, 0.2) is 18.5 Å². The molecule has 0 bridgehead atoms. The number of aromatic nitrogens is 2. The predicted molar refractivity (Wildman–Crippen MR) is 64.2 cm³/mol. The first-order chi connectivity index (χ1) is 8.65. The molecule has 4 nitrogen and oxygen atoms in total. The van der Waals surface area contributed by atoms with Crippen molar-refractivity contribution >= 4 is 16.7 Å². The highest BCUT2D eigenvalue weighted by atomic mass is 19.2. The third kappa shape index (κ3) is 2.38. The number of hydrogen-bond acceptors (Lipinski definition) is 4. The summed E-state index contributed by atoms with van der Waals surface area (Å²) in [6, 6.07) is 1.89. The number of nitrogens with zero attached hydrogens (tertiary/aromatic N) is 2. The average Bonchev–Trinajstić information content (AvgIpc) is 2.37. The maximum absolute atomic E-state index is 13.2. The molecule has 18 heavy (non-hydrogen) atoms. The normalized spacial score (nSPS) is 12.7. The zero-order valence-electron chi connectivity index (χ0n) is 9.82. The zero-order chi connectivity index (χ0) is 13.1. The number of halogens is 2. The van der Waals surface area contributed by atoms with Gasteiger partial charge in [-0.15, -0.1) is 0 Å². The maximum Gasteiger partial charge on any atom is 0.161 e. The van der Waals surface area contributed by atoms with Gasteiger partial charge in [-0.2, -0.15) is 0 Å². The van der Waals surface area contributed by atoms with Crippen molar-refractivity contribution in [2.24, 2.45) is 0 Å². The van der Waals surface area contributed by atoms with E-state index in [4.69, 9.17) is 5.11 Å². The molecule has 0 spiro atoms. The van der Waals surface area contributed by atoms with E-state index in [0.29, 0.717) is 23.1 Å². The van der Waals surface area contributed by atoms with Crippen LogP contribution in [0.3, 0.4) is 0 Å². The molecule has 0 aliphatic heterocycles. The Balaban J connectivity index is 2.47. The molecule has 1 aromatic carbocycles. The highest BCUT2D eigenvalue weighted by Gasteiger charge is 2.12. The molecule has 0 fully saturated rings. The number of nitrogens with one attached hydrogen (secondary N) is 1. The lowest BCUT2D eigenvalue weighted by molar-refractivity contribution is 0.271. The van der Waals surface area contributed by atoms with Crippen molar-refractivity contribution in [3.8, 4) is 0 Å². The molecule has 0 saturated carbocycles. The lowest BCUT2D eigenvalue weighted by Gasteiger charge is -2.15. The van der Waals surface area contributed by atoms with Gasteiger partial charge in [0.25, 0.3) is 0 Å². The van der Waals surface area contributed by atoms with Crippen molar-refractivity contribution in [1.82, 2.24) is 9.97 Å². The number of aliphatic hydroxyl groups is 1. The fourth-order valence-electron chi connectivity index (χ4n) is 1.64. The van der Waals surface area contributed by atoms with Gasteiger partial charge in [0.2, 0.25) is 0 Å². The van der Waals surface area contributed by atoms with Crippen LogP contribution in [0.4, 0.5) is 14.6 Å². The molecule has 2 aromatic rings. The van der Waals surface area contributed by atoms with Crippen molar-refractivity contribution in [1.29, 1.82) is 0 Å². The molecule has 0 aliphatic rings. The lowest BCUT2D eigenvalue weighted by Crippen LogP contribution is -2.23. The van der Waals surface area contributed by atoms with Crippen molar-refractivity contribution in [3.05, 3.63) is 30.1 Å². The van der Waals surface area contributed by atoms with Crippen LogP contribution in [-0.2, 0) is 0 Å². The van der Waals surface area contributed by atoms with Gasteiger partial charge in [0.1, 0.15) is 12.1 Å². The molecule has 0 amide bonds. The monoisotopic (exact) mass is 253 g/mol. The summed E-state index contributed by atoms with van der Waals surface area (Å²) in [7, 11) is 0. The molecule has 2 rings (SSSR count). The Bertz CT molecular complexity index is 558. The second kappa shape index (κ2) is 5.22. The van der Waals surface area contributed by atoms with Gasteiger partial charge >= 0.3 is 0 Å². The summed E-state index contributed by atoms with van der Waals surface area (Å²) in [6.45, 7) is 1.84. The highest BCUT2D eigenvalue weighted by Crippen LogP contribution is 2.22. The van der Waals surface area contributed by atoms with Crippen LogP contribution in [-0.4, -0.2) is 27.7 Å². The van der Waals surface area contributed by atoms with E-state index in [1.54, 1.807) is 0 Å². The summed E-state index contributed by atoms with van der Waals surface area (Å²) in [5, 5.41) is 12.5. The average molecular weight is 253 g/mol. The first-order valence-corrected chi connectivity index (χ1v) is 5.62. The maximum atomic E-state index is 13.2. The van der Waals surface area contributed by atoms with Crippen molar-refractivity contribution < 1.29 is 13.9 Å². The highest BCUT2D eigenvalue weighted by molar-refractivity contribution is 5.88. The molecule has 0 radical (unpaired) electrons. The van der Waals surface area contributed by atoms with Gasteiger partial charge in [-0.05, 0) is 12.5 Å². The summed E-state index contributed by atoms with van der Waals surface area (Å²) < 4.78 is 26.3. The van der Waals surface area contributed by atoms with Gasteiger partial charge in [0.15, 0.2) is 11.6 Å². The summed E-state index contributed by atoms with van der Waals surface area (Å²) >= 11 is 0. The molecule has 96 valence electrons. The van der Waals surface area contributed by atoms with Crippen LogP contribution in [0, 0.1) is 11.6 Å². The summed E-state index contributed by atoms with van der Waals surface area (Å²) in [5.41, 5.74) is 0.319. The van der Waals surface area contributed by atoms with E-state index in [-0.39, 0.29) is 12.6 Å². The van der Waals surface area contributed by atoms with E-state index in [2.05, 4.69) is 15.3 Å². The Kier molecular flexibility index (Phi) is 3.66. The standard InChI is InChI=1S/C12H13F2N3O/c1-2-7(5-18)17-12-8-3-9(13)10(14)4-11(8)15-6-16-12/h3-4,6-7,18H,2,5H2,1H3,(H,15,16,17). The topological polar surface area (TPSA) is 58.0 Å². The fourth-order valence-corrected chi connectivity index (χ4v) is 1.64. The van der Waals surface area contributed by atoms with Gasteiger partial charge in [0.05, 0.1) is 18.2 Å². The Morgan fingerprint density at radius 2 is 2.00 bits per heavy atom. The van der Waals surface area contributed by atoms with Crippen molar-refractivity contribution in [3.63, 3.8) is 0 Å². The van der Waals surface area contributed by atoms with Crippen molar-refractivity contribution in [2.75, 3.05) is 11.9 Å². The fraction of sp³-hybridized carbons (Fsp3) is 0.333. The molecule has 0 aliphatic carbocycles. The summed E-state index contributed by atoms with van der Waals surface area (Å²) in [5.74, 6) is -1.50. The van der Waals surface area contributed by atoms with Crippen LogP contribution in [0.5, 0.6) is 0 Å². The molecule has 6 heteroatoms. The van der Waals surface area contributed by atoms with Gasteiger partial charge in [-0.1, -0.05) is 6.92 Å². The third-order valence-corrected chi connectivity index (χ3v) is 2.73. The molecule has 1 unspecified atom stereocenters. The largest absolute Gasteiger partial charge is 0.394 e. The number of benzene rings is 1. The Morgan fingerprint density at radius 3 is 2.67 bits per heavy atom. The number of hydrogen-bond donors (Lipinski definition) is 2. The van der Waals surface area contributed by atoms with Gasteiger partial charge in [0, 0.05) is 11.5 Å². The first-order valence-electron chi connectivity index (χ1n) is 5.62. The van der Waals surface area contributed by atoms with Gasteiger partial charge in [-0.25, -0.2) is 18.7 Å². The van der Waals surface area contributed by atoms with Crippen LogP contribution >= 0.6 is 0 Å². The van der Waals surface area contributed by atoms with Crippen LogP contribution < -0.4 is 5.32 Å². The molecule has 0 saturated heterocycles. The second-order valence-corrected chi connectivity index (χ2v) is 3.94. The van der Waals surface area contributed by atoms with Gasteiger partial charge < -0.3 is 10.4 Å². The molecular weight excluding hydrogens is 240 g/mol. The van der Waals surface area contributed by atoms with Crippen LogP contribution in [0.1, 0.15) is 13.3 Å². The van der Waals surface area contributed by atoms with Gasteiger partial charge in [-0.3, -0.25) is 0 Å². The molecule has 1 atom stereocenters. The Hall–Kier alpha value is -1.82.